The van der Waals surface area contributed by atoms with Crippen molar-refractivity contribution < 1.29 is 14.3 Å². The molecule has 2 rings (SSSR count). The summed E-state index contributed by atoms with van der Waals surface area (Å²) in [4.78, 5) is 12.6. The summed E-state index contributed by atoms with van der Waals surface area (Å²) in [7, 11) is 0. The number of benzene rings is 1. The first-order valence-corrected chi connectivity index (χ1v) is 7.24. The van der Waals surface area contributed by atoms with Crippen LogP contribution in [0.25, 0.3) is 0 Å². The quantitative estimate of drug-likeness (QED) is 0.856. The highest BCUT2D eigenvalue weighted by atomic mass is 32.1. The van der Waals surface area contributed by atoms with E-state index in [9.17, 15) is 9.18 Å². The summed E-state index contributed by atoms with van der Waals surface area (Å²) in [6.07, 6.45) is 0.345. The number of amides is 1. The van der Waals surface area contributed by atoms with E-state index in [0.717, 1.165) is 5.56 Å². The first kappa shape index (κ1) is 15.2. The third kappa shape index (κ3) is 3.91. The lowest BCUT2D eigenvalue weighted by molar-refractivity contribution is 0.102. The molecule has 0 unspecified atom stereocenters. The Balaban J connectivity index is 2.13. The molecule has 0 bridgehead atoms. The van der Waals surface area contributed by atoms with Gasteiger partial charge in [0.05, 0.1) is 17.2 Å². The van der Waals surface area contributed by atoms with Crippen LogP contribution in [-0.4, -0.2) is 17.6 Å². The monoisotopic (exact) mass is 303 g/mol. The van der Waals surface area contributed by atoms with E-state index in [1.807, 2.05) is 18.4 Å². The van der Waals surface area contributed by atoms with Crippen LogP contribution in [0.4, 0.5) is 10.1 Å². The lowest BCUT2D eigenvalue weighted by Gasteiger charge is -2.06. The van der Waals surface area contributed by atoms with Crippen LogP contribution in [0.3, 0.4) is 0 Å². The van der Waals surface area contributed by atoms with Crippen LogP contribution in [0.5, 0.6) is 0 Å². The van der Waals surface area contributed by atoms with Crippen molar-refractivity contribution in [1.82, 2.24) is 0 Å². The lowest BCUT2D eigenvalue weighted by Crippen LogP contribution is -2.12. The fourth-order valence-electron chi connectivity index (χ4n) is 1.70. The molecule has 1 amide bonds. The number of nitrogens with one attached hydrogen (secondary N) is 1. The second-order valence-electron chi connectivity index (χ2n) is 4.36. The van der Waals surface area contributed by atoms with Gasteiger partial charge in [-0.1, -0.05) is 11.8 Å². The Bertz CT molecular complexity index is 713. The van der Waals surface area contributed by atoms with Gasteiger partial charge in [-0.25, -0.2) is 4.39 Å². The molecule has 0 radical (unpaired) electrons. The molecule has 1 heterocycles. The Morgan fingerprint density at radius 2 is 2.24 bits per heavy atom. The number of carbonyl (C=O) groups excluding carboxylic acids is 1. The molecule has 0 aliphatic rings. The van der Waals surface area contributed by atoms with Crippen molar-refractivity contribution in [2.75, 3.05) is 11.9 Å². The van der Waals surface area contributed by atoms with Crippen LogP contribution in [0.2, 0.25) is 0 Å². The highest BCUT2D eigenvalue weighted by Crippen LogP contribution is 2.20. The minimum absolute atomic E-state index is 0.0240. The average molecular weight is 303 g/mol. The van der Waals surface area contributed by atoms with Crippen LogP contribution < -0.4 is 5.32 Å². The van der Waals surface area contributed by atoms with Gasteiger partial charge in [-0.3, -0.25) is 4.79 Å². The van der Waals surface area contributed by atoms with Gasteiger partial charge >= 0.3 is 0 Å². The van der Waals surface area contributed by atoms with Gasteiger partial charge in [-0.15, -0.1) is 11.3 Å². The van der Waals surface area contributed by atoms with Gasteiger partial charge < -0.3 is 10.4 Å². The third-order valence-corrected chi connectivity index (χ3v) is 3.77. The Hall–Kier alpha value is -2.16. The molecule has 0 spiro atoms. The Kier molecular flexibility index (Phi) is 5.09. The van der Waals surface area contributed by atoms with Crippen LogP contribution in [0.15, 0.2) is 29.6 Å². The van der Waals surface area contributed by atoms with Crippen molar-refractivity contribution in [2.45, 2.75) is 13.3 Å². The molecule has 5 heteroatoms. The van der Waals surface area contributed by atoms with Gasteiger partial charge in [0, 0.05) is 12.0 Å². The predicted octanol–water partition coefficient (Wildman–Crippen LogP) is 3.18. The number of thiophene rings is 1. The minimum Gasteiger partial charge on any atom is -0.395 e. The zero-order chi connectivity index (χ0) is 15.2. The molecular formula is C16H14FNO2S. The number of aryl methyl sites for hydroxylation is 1. The highest BCUT2D eigenvalue weighted by molar-refractivity contribution is 7.12. The van der Waals surface area contributed by atoms with Gasteiger partial charge in [0.2, 0.25) is 0 Å². The number of rotatable bonds is 3. The summed E-state index contributed by atoms with van der Waals surface area (Å²) >= 11 is 1.32. The van der Waals surface area contributed by atoms with E-state index in [1.165, 1.54) is 23.5 Å². The first-order valence-electron chi connectivity index (χ1n) is 6.36. The molecule has 0 fully saturated rings. The Morgan fingerprint density at radius 1 is 1.43 bits per heavy atom. The smallest absolute Gasteiger partial charge is 0.266 e. The van der Waals surface area contributed by atoms with Crippen molar-refractivity contribution in [3.63, 3.8) is 0 Å². The van der Waals surface area contributed by atoms with Crippen LogP contribution in [0.1, 0.15) is 27.2 Å². The molecule has 0 atom stereocenters. The number of hydrogen-bond acceptors (Lipinski definition) is 3. The van der Waals surface area contributed by atoms with Gasteiger partial charge in [-0.2, -0.15) is 0 Å². The molecule has 2 N–H and O–H groups in total. The lowest BCUT2D eigenvalue weighted by atomic mass is 10.2. The maximum Gasteiger partial charge on any atom is 0.266 e. The van der Waals surface area contributed by atoms with E-state index in [4.69, 9.17) is 5.11 Å². The SMILES string of the molecule is Cc1ccsc1C(=O)Nc1ccc(C#CCCO)cc1F. The molecule has 21 heavy (non-hydrogen) atoms. The van der Waals surface area contributed by atoms with Crippen molar-refractivity contribution in [1.29, 1.82) is 0 Å². The second kappa shape index (κ2) is 7.02. The van der Waals surface area contributed by atoms with Gasteiger partial charge in [-0.05, 0) is 42.1 Å². The van der Waals surface area contributed by atoms with Crippen LogP contribution in [0, 0.1) is 24.6 Å². The van der Waals surface area contributed by atoms with Crippen LogP contribution >= 0.6 is 11.3 Å². The number of aliphatic hydroxyl groups excluding tert-OH is 1. The normalized spacial score (nSPS) is 9.86. The first-order chi connectivity index (χ1) is 10.1. The predicted molar refractivity (Wildman–Crippen MR) is 82.0 cm³/mol. The second-order valence-corrected chi connectivity index (χ2v) is 5.27. The summed E-state index contributed by atoms with van der Waals surface area (Å²) in [6, 6.07) is 6.22. The average Bonchev–Trinajstić information content (AvgIpc) is 2.88. The number of halogens is 1. The fourth-order valence-corrected chi connectivity index (χ4v) is 2.52. The molecule has 0 aliphatic heterocycles. The summed E-state index contributed by atoms with van der Waals surface area (Å²) in [5, 5.41) is 13.0. The van der Waals surface area contributed by atoms with E-state index < -0.39 is 5.82 Å². The number of carbonyl (C=O) groups is 1. The van der Waals surface area contributed by atoms with E-state index in [0.29, 0.717) is 16.9 Å². The van der Waals surface area contributed by atoms with E-state index in [-0.39, 0.29) is 18.2 Å². The van der Waals surface area contributed by atoms with E-state index in [2.05, 4.69) is 17.2 Å². The molecule has 108 valence electrons. The van der Waals surface area contributed by atoms with Gasteiger partial charge in [0.25, 0.3) is 5.91 Å². The Morgan fingerprint density at radius 3 is 2.86 bits per heavy atom. The molecule has 2 aromatic rings. The van der Waals surface area contributed by atoms with Crippen molar-refractivity contribution in [2.24, 2.45) is 0 Å². The molecule has 0 saturated carbocycles. The Labute approximate surface area is 126 Å². The van der Waals surface area contributed by atoms with Crippen molar-refractivity contribution >= 4 is 22.9 Å². The maximum absolute atomic E-state index is 13.9. The van der Waals surface area contributed by atoms with Gasteiger partial charge in [0.1, 0.15) is 5.82 Å². The zero-order valence-electron chi connectivity index (χ0n) is 11.4. The summed E-state index contributed by atoms with van der Waals surface area (Å²) < 4.78 is 13.9. The minimum atomic E-state index is -0.534. The maximum atomic E-state index is 13.9. The van der Waals surface area contributed by atoms with Crippen molar-refractivity contribution in [3.8, 4) is 11.8 Å². The molecular weight excluding hydrogens is 289 g/mol. The molecule has 3 nitrogen and oxygen atoms in total. The number of anilines is 1. The van der Waals surface area contributed by atoms with Gasteiger partial charge in [0.15, 0.2) is 0 Å². The van der Waals surface area contributed by atoms with Crippen LogP contribution in [-0.2, 0) is 0 Å². The molecule has 0 saturated heterocycles. The van der Waals surface area contributed by atoms with E-state index >= 15 is 0 Å². The standard InChI is InChI=1S/C16H14FNO2S/c1-11-7-9-21-15(11)16(20)18-14-6-5-12(10-13(14)17)4-2-3-8-19/h5-7,9-10,19H,3,8H2,1H3,(H,18,20). The largest absolute Gasteiger partial charge is 0.395 e. The third-order valence-electron chi connectivity index (χ3n) is 2.76. The van der Waals surface area contributed by atoms with Crippen molar-refractivity contribution in [3.05, 3.63) is 51.5 Å². The molecule has 1 aromatic carbocycles. The van der Waals surface area contributed by atoms with E-state index in [1.54, 1.807) is 6.07 Å². The topological polar surface area (TPSA) is 49.3 Å². The highest BCUT2D eigenvalue weighted by Gasteiger charge is 2.12. The number of aliphatic hydroxyl groups is 1. The fraction of sp³-hybridized carbons (Fsp3) is 0.188. The summed E-state index contributed by atoms with van der Waals surface area (Å²) in [6.45, 7) is 1.81. The summed E-state index contributed by atoms with van der Waals surface area (Å²) in [5.41, 5.74) is 1.50. The molecule has 1 aromatic heterocycles. The molecule has 0 aliphatic carbocycles. The number of hydrogen-bond donors (Lipinski definition) is 2. The summed E-state index contributed by atoms with van der Waals surface area (Å²) in [5.74, 6) is 4.61. The zero-order valence-corrected chi connectivity index (χ0v) is 12.3.